The molecule has 0 saturated heterocycles. The van der Waals surface area contributed by atoms with Gasteiger partial charge in [0.1, 0.15) is 0 Å². The summed E-state index contributed by atoms with van der Waals surface area (Å²) >= 11 is 6.07. The second kappa shape index (κ2) is 5.03. The monoisotopic (exact) mass is 257 g/mol. The predicted molar refractivity (Wildman–Crippen MR) is 77.4 cm³/mol. The van der Waals surface area contributed by atoms with Crippen LogP contribution in [0.1, 0.15) is 23.5 Å². The molecule has 3 rings (SSSR count). The molecule has 1 atom stereocenters. The SMILES string of the molecule is Clc1cccc([C@@H]2CCc3ccccc3NC2)c1. The Morgan fingerprint density at radius 2 is 1.94 bits per heavy atom. The van der Waals surface area contributed by atoms with Crippen LogP contribution in [0, 0.1) is 0 Å². The van der Waals surface area contributed by atoms with Crippen LogP contribution in [0.5, 0.6) is 0 Å². The minimum absolute atomic E-state index is 0.538. The summed E-state index contributed by atoms with van der Waals surface area (Å²) in [6.07, 6.45) is 2.30. The maximum atomic E-state index is 6.07. The fourth-order valence-corrected chi connectivity index (χ4v) is 2.82. The fraction of sp³-hybridized carbons (Fsp3) is 0.250. The number of anilines is 1. The molecule has 1 N–H and O–H groups in total. The van der Waals surface area contributed by atoms with E-state index < -0.39 is 0 Å². The highest BCUT2D eigenvalue weighted by atomic mass is 35.5. The van der Waals surface area contributed by atoms with Crippen molar-refractivity contribution >= 4 is 17.3 Å². The van der Waals surface area contributed by atoms with Crippen LogP contribution in [0.2, 0.25) is 5.02 Å². The third-order valence-corrected chi connectivity index (χ3v) is 3.87. The number of halogens is 1. The smallest absolute Gasteiger partial charge is 0.0408 e. The van der Waals surface area contributed by atoms with Crippen molar-refractivity contribution < 1.29 is 0 Å². The van der Waals surface area contributed by atoms with Gasteiger partial charge in [0.15, 0.2) is 0 Å². The number of fused-ring (bicyclic) bond motifs is 1. The summed E-state index contributed by atoms with van der Waals surface area (Å²) in [7, 11) is 0. The number of benzene rings is 2. The van der Waals surface area contributed by atoms with E-state index in [0.29, 0.717) is 5.92 Å². The summed E-state index contributed by atoms with van der Waals surface area (Å²) in [6, 6.07) is 16.8. The molecule has 0 aromatic heterocycles. The average molecular weight is 258 g/mol. The summed E-state index contributed by atoms with van der Waals surface area (Å²) in [5.74, 6) is 0.538. The van der Waals surface area contributed by atoms with Gasteiger partial charge in [-0.05, 0) is 42.2 Å². The first kappa shape index (κ1) is 11.6. The van der Waals surface area contributed by atoms with E-state index in [2.05, 4.69) is 41.7 Å². The molecule has 92 valence electrons. The van der Waals surface area contributed by atoms with Crippen molar-refractivity contribution in [3.05, 3.63) is 64.7 Å². The van der Waals surface area contributed by atoms with Gasteiger partial charge in [0.05, 0.1) is 0 Å². The zero-order chi connectivity index (χ0) is 12.4. The van der Waals surface area contributed by atoms with Gasteiger partial charge in [-0.25, -0.2) is 0 Å². The highest BCUT2D eigenvalue weighted by Gasteiger charge is 2.17. The molecule has 0 bridgehead atoms. The first-order valence-corrected chi connectivity index (χ1v) is 6.78. The molecule has 1 nitrogen and oxygen atoms in total. The molecule has 1 aliphatic rings. The topological polar surface area (TPSA) is 12.0 Å². The molecule has 0 amide bonds. The third kappa shape index (κ3) is 2.37. The van der Waals surface area contributed by atoms with Crippen molar-refractivity contribution in [2.45, 2.75) is 18.8 Å². The van der Waals surface area contributed by atoms with Gasteiger partial charge >= 0.3 is 0 Å². The molecule has 0 spiro atoms. The number of aryl methyl sites for hydroxylation is 1. The Hall–Kier alpha value is -1.47. The van der Waals surface area contributed by atoms with Crippen LogP contribution in [-0.4, -0.2) is 6.54 Å². The van der Waals surface area contributed by atoms with E-state index in [1.807, 2.05) is 12.1 Å². The van der Waals surface area contributed by atoms with Gasteiger partial charge in [-0.1, -0.05) is 41.9 Å². The lowest BCUT2D eigenvalue weighted by Crippen LogP contribution is -2.10. The summed E-state index contributed by atoms with van der Waals surface area (Å²) in [4.78, 5) is 0. The highest BCUT2D eigenvalue weighted by molar-refractivity contribution is 6.30. The van der Waals surface area contributed by atoms with E-state index in [1.54, 1.807) is 0 Å². The quantitative estimate of drug-likeness (QED) is 0.794. The van der Waals surface area contributed by atoms with Crippen LogP contribution >= 0.6 is 11.6 Å². The van der Waals surface area contributed by atoms with Gasteiger partial charge in [-0.2, -0.15) is 0 Å². The molecular weight excluding hydrogens is 242 g/mol. The van der Waals surface area contributed by atoms with Crippen LogP contribution in [0.15, 0.2) is 48.5 Å². The van der Waals surface area contributed by atoms with Crippen molar-refractivity contribution in [2.75, 3.05) is 11.9 Å². The Kier molecular flexibility index (Phi) is 3.24. The van der Waals surface area contributed by atoms with Gasteiger partial charge in [-0.15, -0.1) is 0 Å². The van der Waals surface area contributed by atoms with Crippen molar-refractivity contribution in [3.8, 4) is 0 Å². The Balaban J connectivity index is 1.83. The molecule has 2 aromatic carbocycles. The number of para-hydroxylation sites is 1. The Morgan fingerprint density at radius 1 is 1.06 bits per heavy atom. The third-order valence-electron chi connectivity index (χ3n) is 3.64. The van der Waals surface area contributed by atoms with E-state index in [-0.39, 0.29) is 0 Å². The summed E-state index contributed by atoms with van der Waals surface area (Å²) in [5, 5.41) is 4.38. The molecule has 2 heteroatoms. The van der Waals surface area contributed by atoms with Crippen molar-refractivity contribution in [1.82, 2.24) is 0 Å². The van der Waals surface area contributed by atoms with Crippen molar-refractivity contribution in [3.63, 3.8) is 0 Å². The summed E-state index contributed by atoms with van der Waals surface area (Å²) in [6.45, 7) is 0.983. The molecule has 1 aliphatic heterocycles. The van der Waals surface area contributed by atoms with Gasteiger partial charge < -0.3 is 5.32 Å². The molecule has 2 aromatic rings. The minimum atomic E-state index is 0.538. The molecular formula is C16H16ClN. The lowest BCUT2D eigenvalue weighted by atomic mass is 9.93. The maximum Gasteiger partial charge on any atom is 0.0408 e. The van der Waals surface area contributed by atoms with E-state index in [1.165, 1.54) is 23.2 Å². The van der Waals surface area contributed by atoms with Crippen LogP contribution in [0.4, 0.5) is 5.69 Å². The molecule has 0 unspecified atom stereocenters. The van der Waals surface area contributed by atoms with Crippen molar-refractivity contribution in [2.24, 2.45) is 0 Å². The van der Waals surface area contributed by atoms with Gasteiger partial charge in [0.25, 0.3) is 0 Å². The largest absolute Gasteiger partial charge is 0.384 e. The number of hydrogen-bond acceptors (Lipinski definition) is 1. The first-order valence-electron chi connectivity index (χ1n) is 6.40. The predicted octanol–water partition coefficient (Wildman–Crippen LogP) is 4.48. The van der Waals surface area contributed by atoms with E-state index in [0.717, 1.165) is 18.0 Å². The molecule has 0 saturated carbocycles. The second-order valence-corrected chi connectivity index (χ2v) is 5.27. The lowest BCUT2D eigenvalue weighted by molar-refractivity contribution is 0.665. The van der Waals surface area contributed by atoms with E-state index in [9.17, 15) is 0 Å². The Morgan fingerprint density at radius 3 is 2.83 bits per heavy atom. The maximum absolute atomic E-state index is 6.07. The van der Waals surface area contributed by atoms with Gasteiger partial charge in [-0.3, -0.25) is 0 Å². The fourth-order valence-electron chi connectivity index (χ4n) is 2.62. The molecule has 0 fully saturated rings. The summed E-state index contributed by atoms with van der Waals surface area (Å²) in [5.41, 5.74) is 4.03. The normalized spacial score (nSPS) is 18.6. The molecule has 0 aliphatic carbocycles. The number of nitrogens with one attached hydrogen (secondary N) is 1. The number of rotatable bonds is 1. The van der Waals surface area contributed by atoms with E-state index >= 15 is 0 Å². The minimum Gasteiger partial charge on any atom is -0.384 e. The second-order valence-electron chi connectivity index (χ2n) is 4.83. The first-order chi connectivity index (χ1) is 8.83. The summed E-state index contributed by atoms with van der Waals surface area (Å²) < 4.78 is 0. The standard InChI is InChI=1S/C16H16ClN/c17-15-6-3-5-13(10-15)14-9-8-12-4-1-2-7-16(12)18-11-14/h1-7,10,14,18H,8-9,11H2/t14-/m1/s1. The van der Waals surface area contributed by atoms with Gasteiger partial charge in [0, 0.05) is 23.2 Å². The van der Waals surface area contributed by atoms with Crippen molar-refractivity contribution in [1.29, 1.82) is 0 Å². The highest BCUT2D eigenvalue weighted by Crippen LogP contribution is 2.30. The van der Waals surface area contributed by atoms with E-state index in [4.69, 9.17) is 11.6 Å². The zero-order valence-electron chi connectivity index (χ0n) is 10.2. The van der Waals surface area contributed by atoms with Crippen LogP contribution in [-0.2, 0) is 6.42 Å². The van der Waals surface area contributed by atoms with Crippen LogP contribution in [0.25, 0.3) is 0 Å². The molecule has 0 radical (unpaired) electrons. The number of hydrogen-bond donors (Lipinski definition) is 1. The van der Waals surface area contributed by atoms with Gasteiger partial charge in [0.2, 0.25) is 0 Å². The lowest BCUT2D eigenvalue weighted by Gasteiger charge is -2.15. The Labute approximate surface area is 113 Å². The molecule has 18 heavy (non-hydrogen) atoms. The zero-order valence-corrected chi connectivity index (χ0v) is 11.0. The molecule has 1 heterocycles. The van der Waals surface area contributed by atoms with Crippen LogP contribution < -0.4 is 5.32 Å². The van der Waals surface area contributed by atoms with Crippen LogP contribution in [0.3, 0.4) is 0 Å². The average Bonchev–Trinajstić information content (AvgIpc) is 2.61. The Bertz CT molecular complexity index is 523.